The van der Waals surface area contributed by atoms with Gasteiger partial charge in [-0.2, -0.15) is 0 Å². The summed E-state index contributed by atoms with van der Waals surface area (Å²) in [7, 11) is 1.55. The van der Waals surface area contributed by atoms with Gasteiger partial charge in [-0.25, -0.2) is 4.39 Å². The van der Waals surface area contributed by atoms with Crippen LogP contribution in [0.1, 0.15) is 78.3 Å². The monoisotopic (exact) mass is 588 g/mol. The van der Waals surface area contributed by atoms with Gasteiger partial charge in [0.15, 0.2) is 11.5 Å². The van der Waals surface area contributed by atoms with Crippen molar-refractivity contribution < 1.29 is 33.0 Å². The zero-order chi connectivity index (χ0) is 30.1. The average molecular weight is 589 g/mol. The standard InChI is InChI=1S/C34H37FN2O6/c1-32(2,3)31(40)43-33-14-13-22(37-29(38)20-7-5-6-8-21(20)30(37)39)28-34(33)24(35)17-36(16-18-9-10-18)25(33)15-19-11-12-23(41-4)27(42-28)26(19)34/h5-8,11-12,18,22,24-25,28H,9-10,13-17H2,1-4H3/t22-,24+,25-,28+,33-,34+/m1/s1. The van der Waals surface area contributed by atoms with Crippen LogP contribution >= 0.6 is 0 Å². The summed E-state index contributed by atoms with van der Waals surface area (Å²) in [6.45, 7) is 6.36. The zero-order valence-corrected chi connectivity index (χ0v) is 25.0. The first kappa shape index (κ1) is 27.1. The summed E-state index contributed by atoms with van der Waals surface area (Å²) < 4.78 is 36.9. The van der Waals surface area contributed by atoms with Crippen LogP contribution in [0.15, 0.2) is 36.4 Å². The number of methoxy groups -OCH3 is 1. The molecule has 226 valence electrons. The molecule has 6 aliphatic rings. The third kappa shape index (κ3) is 3.37. The van der Waals surface area contributed by atoms with Gasteiger partial charge in [-0.15, -0.1) is 0 Å². The number of esters is 1. The van der Waals surface area contributed by atoms with Crippen LogP contribution in [0.3, 0.4) is 0 Å². The second kappa shape index (κ2) is 8.80. The molecule has 3 aliphatic carbocycles. The fourth-order valence-corrected chi connectivity index (χ4v) is 8.87. The van der Waals surface area contributed by atoms with E-state index in [1.54, 1.807) is 31.4 Å². The van der Waals surface area contributed by atoms with E-state index in [2.05, 4.69) is 4.90 Å². The number of ether oxygens (including phenoxy) is 3. The Morgan fingerprint density at radius 1 is 1.07 bits per heavy atom. The third-order valence-corrected chi connectivity index (χ3v) is 10.9. The van der Waals surface area contributed by atoms with E-state index in [1.807, 2.05) is 32.9 Å². The van der Waals surface area contributed by atoms with Crippen molar-refractivity contribution in [1.82, 2.24) is 9.80 Å². The molecule has 3 fully saturated rings. The topological polar surface area (TPSA) is 85.4 Å². The van der Waals surface area contributed by atoms with Crippen molar-refractivity contribution in [2.75, 3.05) is 20.2 Å². The normalized spacial score (nSPS) is 34.0. The summed E-state index contributed by atoms with van der Waals surface area (Å²) in [6.07, 6.45) is 1.000. The summed E-state index contributed by atoms with van der Waals surface area (Å²) >= 11 is 0. The average Bonchev–Trinajstić information content (AvgIpc) is 3.66. The van der Waals surface area contributed by atoms with Gasteiger partial charge in [-0.3, -0.25) is 24.2 Å². The predicted octanol–water partition coefficient (Wildman–Crippen LogP) is 4.47. The smallest absolute Gasteiger partial charge is 0.311 e. The van der Waals surface area contributed by atoms with Crippen LogP contribution in [0.5, 0.6) is 11.5 Å². The first-order chi connectivity index (χ1) is 20.5. The van der Waals surface area contributed by atoms with Crippen molar-refractivity contribution in [1.29, 1.82) is 0 Å². The molecular formula is C34H37FN2O6. The fraction of sp³-hybridized carbons (Fsp3) is 0.559. The van der Waals surface area contributed by atoms with Crippen LogP contribution in [0.4, 0.5) is 4.39 Å². The molecule has 1 spiro atoms. The van der Waals surface area contributed by atoms with E-state index < -0.39 is 52.5 Å². The molecule has 2 saturated carbocycles. The van der Waals surface area contributed by atoms with Crippen LogP contribution in [0.25, 0.3) is 0 Å². The number of imide groups is 1. The molecule has 9 heteroatoms. The van der Waals surface area contributed by atoms with Gasteiger partial charge in [-0.05, 0) is 82.6 Å². The lowest BCUT2D eigenvalue weighted by molar-refractivity contribution is -0.244. The lowest BCUT2D eigenvalue weighted by atomic mass is 9.47. The van der Waals surface area contributed by atoms with Crippen molar-refractivity contribution in [2.45, 2.75) is 88.3 Å². The first-order valence-electron chi connectivity index (χ1n) is 15.5. The van der Waals surface area contributed by atoms with Gasteiger partial charge >= 0.3 is 5.97 Å². The number of hydrogen-bond donors (Lipinski definition) is 0. The highest BCUT2D eigenvalue weighted by Gasteiger charge is 2.80. The number of piperidine rings is 1. The maximum atomic E-state index is 17.7. The molecule has 2 amide bonds. The van der Waals surface area contributed by atoms with Gasteiger partial charge in [0, 0.05) is 18.7 Å². The quantitative estimate of drug-likeness (QED) is 0.377. The molecule has 8 nitrogen and oxygen atoms in total. The number of hydrogen-bond acceptors (Lipinski definition) is 7. The number of benzene rings is 2. The van der Waals surface area contributed by atoms with E-state index in [1.165, 1.54) is 4.90 Å². The van der Waals surface area contributed by atoms with Crippen molar-refractivity contribution >= 4 is 17.8 Å². The Hall–Kier alpha value is -3.46. The number of carbonyl (C=O) groups excluding carboxylic acids is 3. The largest absolute Gasteiger partial charge is 0.493 e. The maximum absolute atomic E-state index is 17.7. The lowest BCUT2D eigenvalue weighted by Crippen LogP contribution is -2.83. The Bertz CT molecular complexity index is 1550. The number of halogens is 1. The molecule has 3 heterocycles. The number of carbonyl (C=O) groups is 3. The molecule has 2 bridgehead atoms. The van der Waals surface area contributed by atoms with E-state index in [0.29, 0.717) is 53.4 Å². The summed E-state index contributed by atoms with van der Waals surface area (Å²) in [5.74, 6) is 0.209. The Morgan fingerprint density at radius 3 is 2.40 bits per heavy atom. The van der Waals surface area contributed by atoms with Crippen molar-refractivity contribution in [3.63, 3.8) is 0 Å². The Morgan fingerprint density at radius 2 is 1.77 bits per heavy atom. The minimum absolute atomic E-state index is 0.167. The van der Waals surface area contributed by atoms with Crippen LogP contribution in [-0.4, -0.2) is 77.7 Å². The summed E-state index contributed by atoms with van der Waals surface area (Å²) in [4.78, 5) is 45.0. The van der Waals surface area contributed by atoms with Gasteiger partial charge in [0.05, 0.1) is 35.7 Å². The van der Waals surface area contributed by atoms with Crippen LogP contribution in [0.2, 0.25) is 0 Å². The maximum Gasteiger partial charge on any atom is 0.311 e. The highest BCUT2D eigenvalue weighted by atomic mass is 19.1. The Labute approximate surface area is 250 Å². The Balaban J connectivity index is 1.35. The van der Waals surface area contributed by atoms with Crippen molar-refractivity contribution in [3.05, 3.63) is 58.7 Å². The van der Waals surface area contributed by atoms with E-state index in [9.17, 15) is 14.4 Å². The molecule has 0 aromatic heterocycles. The lowest BCUT2D eigenvalue weighted by Gasteiger charge is -2.66. The molecule has 1 saturated heterocycles. The molecular weight excluding hydrogens is 551 g/mol. The first-order valence-corrected chi connectivity index (χ1v) is 15.5. The molecule has 3 aliphatic heterocycles. The van der Waals surface area contributed by atoms with Gasteiger partial charge in [0.2, 0.25) is 0 Å². The minimum Gasteiger partial charge on any atom is -0.493 e. The number of fused-ring (bicyclic) bond motifs is 1. The molecule has 0 unspecified atom stereocenters. The second-order valence-electron chi connectivity index (χ2n) is 14.3. The summed E-state index contributed by atoms with van der Waals surface area (Å²) in [6, 6.07) is 9.58. The molecule has 2 aromatic carbocycles. The van der Waals surface area contributed by atoms with E-state index >= 15 is 4.39 Å². The molecule has 0 radical (unpaired) electrons. The predicted molar refractivity (Wildman–Crippen MR) is 154 cm³/mol. The van der Waals surface area contributed by atoms with E-state index in [4.69, 9.17) is 14.2 Å². The van der Waals surface area contributed by atoms with Gasteiger partial charge in [-0.1, -0.05) is 18.2 Å². The van der Waals surface area contributed by atoms with E-state index in [-0.39, 0.29) is 12.6 Å². The highest BCUT2D eigenvalue weighted by molar-refractivity contribution is 6.21. The van der Waals surface area contributed by atoms with Crippen LogP contribution in [0, 0.1) is 11.3 Å². The third-order valence-electron chi connectivity index (χ3n) is 10.9. The van der Waals surface area contributed by atoms with Crippen LogP contribution in [-0.2, 0) is 21.4 Å². The summed E-state index contributed by atoms with van der Waals surface area (Å²) in [5, 5.41) is 0. The number of alkyl halides is 1. The molecule has 8 rings (SSSR count). The molecule has 0 N–H and O–H groups in total. The second-order valence-corrected chi connectivity index (χ2v) is 14.3. The molecule has 43 heavy (non-hydrogen) atoms. The van der Waals surface area contributed by atoms with Gasteiger partial charge in [0.1, 0.15) is 23.3 Å². The minimum atomic E-state index is -1.48. The van der Waals surface area contributed by atoms with Gasteiger partial charge in [0.25, 0.3) is 11.8 Å². The van der Waals surface area contributed by atoms with Crippen LogP contribution < -0.4 is 9.47 Å². The SMILES string of the molecule is COc1ccc2c3c1O[C@H]1[C@H](N4C(=O)c5ccccc5C4=O)CC[C@@]4(OC(=O)C(C)(C)C)[C@@H](C2)N(CC2CC2)C[C@H](F)[C@]314. The molecule has 6 atom stereocenters. The fourth-order valence-electron chi connectivity index (χ4n) is 8.87. The summed E-state index contributed by atoms with van der Waals surface area (Å²) in [5.41, 5.74) is -1.20. The number of likely N-dealkylation sites (tertiary alicyclic amines) is 1. The number of rotatable bonds is 5. The van der Waals surface area contributed by atoms with E-state index in [0.717, 1.165) is 24.9 Å². The Kier molecular flexibility index (Phi) is 5.55. The number of nitrogens with zero attached hydrogens (tertiary/aromatic N) is 2. The van der Waals surface area contributed by atoms with Gasteiger partial charge < -0.3 is 14.2 Å². The zero-order valence-electron chi connectivity index (χ0n) is 25.0. The van der Waals surface area contributed by atoms with Crippen molar-refractivity contribution in [3.8, 4) is 11.5 Å². The van der Waals surface area contributed by atoms with Crippen molar-refractivity contribution in [2.24, 2.45) is 11.3 Å². The highest BCUT2D eigenvalue weighted by Crippen LogP contribution is 2.68. The number of amides is 2. The molecule has 2 aromatic rings.